The van der Waals surface area contributed by atoms with E-state index in [9.17, 15) is 4.79 Å². The summed E-state index contributed by atoms with van der Waals surface area (Å²) < 4.78 is 0.861. The summed E-state index contributed by atoms with van der Waals surface area (Å²) in [6.07, 6.45) is 3.08. The first-order chi connectivity index (χ1) is 8.56. The molecule has 0 radical (unpaired) electrons. The molecule has 0 aromatic heterocycles. The minimum Gasteiger partial charge on any atom is -0.342 e. The van der Waals surface area contributed by atoms with Gasteiger partial charge in [0.25, 0.3) is 5.91 Å². The number of rotatable bonds is 6. The van der Waals surface area contributed by atoms with E-state index in [1.165, 1.54) is 0 Å². The molecule has 0 saturated carbocycles. The standard InChI is InChI=1S/C14H19BrClNO/c1-11-6-7-12(13(15)10-11)14(18)17(2)9-5-3-4-8-16/h6-7,10H,3-5,8-9H2,1-2H3. The molecule has 0 saturated heterocycles. The molecule has 18 heavy (non-hydrogen) atoms. The van der Waals surface area contributed by atoms with Crippen molar-refractivity contribution in [3.63, 3.8) is 0 Å². The van der Waals surface area contributed by atoms with Crippen LogP contribution >= 0.6 is 27.5 Å². The Morgan fingerprint density at radius 1 is 1.33 bits per heavy atom. The summed E-state index contributed by atoms with van der Waals surface area (Å²) in [6, 6.07) is 5.80. The Morgan fingerprint density at radius 2 is 2.06 bits per heavy atom. The van der Waals surface area contributed by atoms with E-state index >= 15 is 0 Å². The largest absolute Gasteiger partial charge is 0.342 e. The maximum absolute atomic E-state index is 12.2. The van der Waals surface area contributed by atoms with Gasteiger partial charge in [0.1, 0.15) is 0 Å². The average molecular weight is 333 g/mol. The van der Waals surface area contributed by atoms with E-state index in [4.69, 9.17) is 11.6 Å². The third-order valence-corrected chi connectivity index (χ3v) is 3.75. The van der Waals surface area contributed by atoms with Crippen molar-refractivity contribution in [2.75, 3.05) is 19.5 Å². The van der Waals surface area contributed by atoms with Gasteiger partial charge in [0.05, 0.1) is 5.56 Å². The minimum atomic E-state index is 0.0627. The highest BCUT2D eigenvalue weighted by Crippen LogP contribution is 2.19. The molecule has 0 fully saturated rings. The van der Waals surface area contributed by atoms with Crippen molar-refractivity contribution in [3.05, 3.63) is 33.8 Å². The van der Waals surface area contributed by atoms with Gasteiger partial charge in [-0.25, -0.2) is 0 Å². The molecule has 0 bridgehead atoms. The van der Waals surface area contributed by atoms with E-state index < -0.39 is 0 Å². The zero-order valence-electron chi connectivity index (χ0n) is 10.9. The van der Waals surface area contributed by atoms with Gasteiger partial charge < -0.3 is 4.90 Å². The summed E-state index contributed by atoms with van der Waals surface area (Å²) in [5.74, 6) is 0.758. The van der Waals surface area contributed by atoms with Crippen molar-refractivity contribution in [2.45, 2.75) is 26.2 Å². The second-order valence-electron chi connectivity index (χ2n) is 4.46. The number of carbonyl (C=O) groups excluding carboxylic acids is 1. The third kappa shape index (κ3) is 4.62. The number of carbonyl (C=O) groups is 1. The second-order valence-corrected chi connectivity index (χ2v) is 5.69. The van der Waals surface area contributed by atoms with E-state index in [-0.39, 0.29) is 5.91 Å². The van der Waals surface area contributed by atoms with E-state index in [2.05, 4.69) is 15.9 Å². The molecule has 0 atom stereocenters. The van der Waals surface area contributed by atoms with Gasteiger partial charge in [-0.05, 0) is 53.4 Å². The quantitative estimate of drug-likeness (QED) is 0.563. The average Bonchev–Trinajstić information content (AvgIpc) is 2.33. The fourth-order valence-corrected chi connectivity index (χ4v) is 2.57. The van der Waals surface area contributed by atoms with Crippen LogP contribution in [0.2, 0.25) is 0 Å². The number of unbranched alkanes of at least 4 members (excludes halogenated alkanes) is 2. The maximum Gasteiger partial charge on any atom is 0.254 e. The van der Waals surface area contributed by atoms with Crippen LogP contribution in [0.3, 0.4) is 0 Å². The number of hydrogen-bond donors (Lipinski definition) is 0. The summed E-state index contributed by atoms with van der Waals surface area (Å²) in [5.41, 5.74) is 1.86. The molecule has 2 nitrogen and oxygen atoms in total. The normalized spacial score (nSPS) is 10.4. The van der Waals surface area contributed by atoms with Crippen LogP contribution in [-0.2, 0) is 0 Å². The Kier molecular flexibility index (Phi) is 6.72. The third-order valence-electron chi connectivity index (χ3n) is 2.83. The lowest BCUT2D eigenvalue weighted by Crippen LogP contribution is -2.28. The lowest BCUT2D eigenvalue weighted by Gasteiger charge is -2.18. The van der Waals surface area contributed by atoms with Gasteiger partial charge >= 0.3 is 0 Å². The molecule has 0 heterocycles. The van der Waals surface area contributed by atoms with Crippen molar-refractivity contribution in [3.8, 4) is 0 Å². The smallest absolute Gasteiger partial charge is 0.254 e. The first kappa shape index (κ1) is 15.5. The molecule has 4 heteroatoms. The van der Waals surface area contributed by atoms with Crippen molar-refractivity contribution in [2.24, 2.45) is 0 Å². The molecule has 0 N–H and O–H groups in total. The van der Waals surface area contributed by atoms with Crippen molar-refractivity contribution < 1.29 is 4.79 Å². The number of nitrogens with zero attached hydrogens (tertiary/aromatic N) is 1. The minimum absolute atomic E-state index is 0.0627. The predicted molar refractivity (Wildman–Crippen MR) is 80.4 cm³/mol. The van der Waals surface area contributed by atoms with Gasteiger partial charge in [-0.1, -0.05) is 12.5 Å². The molecule has 0 aliphatic carbocycles. The van der Waals surface area contributed by atoms with Gasteiger partial charge in [-0.15, -0.1) is 11.6 Å². The maximum atomic E-state index is 12.2. The highest BCUT2D eigenvalue weighted by atomic mass is 79.9. The van der Waals surface area contributed by atoms with Crippen molar-refractivity contribution in [1.29, 1.82) is 0 Å². The SMILES string of the molecule is Cc1ccc(C(=O)N(C)CCCCCCl)c(Br)c1. The number of aryl methyl sites for hydroxylation is 1. The highest BCUT2D eigenvalue weighted by molar-refractivity contribution is 9.10. The van der Waals surface area contributed by atoms with Crippen LogP contribution in [-0.4, -0.2) is 30.3 Å². The van der Waals surface area contributed by atoms with Crippen LogP contribution in [0.4, 0.5) is 0 Å². The van der Waals surface area contributed by atoms with E-state index in [0.29, 0.717) is 5.88 Å². The first-order valence-corrected chi connectivity index (χ1v) is 7.46. The number of alkyl halides is 1. The van der Waals surface area contributed by atoms with Crippen molar-refractivity contribution in [1.82, 2.24) is 4.90 Å². The molecule has 1 aromatic rings. The van der Waals surface area contributed by atoms with Crippen LogP contribution < -0.4 is 0 Å². The summed E-state index contributed by atoms with van der Waals surface area (Å²) in [4.78, 5) is 14.0. The zero-order chi connectivity index (χ0) is 13.5. The van der Waals surface area contributed by atoms with E-state index in [1.54, 1.807) is 4.90 Å². The van der Waals surface area contributed by atoms with Gasteiger partial charge in [-0.2, -0.15) is 0 Å². The lowest BCUT2D eigenvalue weighted by molar-refractivity contribution is 0.0792. The summed E-state index contributed by atoms with van der Waals surface area (Å²) in [6.45, 7) is 2.78. The number of halogens is 2. The Hall–Kier alpha value is -0.540. The summed E-state index contributed by atoms with van der Waals surface area (Å²) >= 11 is 9.07. The Labute approximate surface area is 122 Å². The molecule has 0 unspecified atom stereocenters. The number of amides is 1. The molecule has 100 valence electrons. The summed E-state index contributed by atoms with van der Waals surface area (Å²) in [5, 5.41) is 0. The molecular formula is C14H19BrClNO. The Morgan fingerprint density at radius 3 is 2.67 bits per heavy atom. The molecule has 1 rings (SSSR count). The topological polar surface area (TPSA) is 20.3 Å². The fraction of sp³-hybridized carbons (Fsp3) is 0.500. The van der Waals surface area contributed by atoms with Crippen LogP contribution in [0, 0.1) is 6.92 Å². The van der Waals surface area contributed by atoms with Gasteiger partial charge in [-0.3, -0.25) is 4.79 Å². The molecule has 0 aliphatic rings. The summed E-state index contributed by atoms with van der Waals surface area (Å²) in [7, 11) is 1.84. The fourth-order valence-electron chi connectivity index (χ4n) is 1.72. The molecule has 1 amide bonds. The van der Waals surface area contributed by atoms with Crippen LogP contribution in [0.1, 0.15) is 35.2 Å². The van der Waals surface area contributed by atoms with E-state index in [0.717, 1.165) is 41.4 Å². The monoisotopic (exact) mass is 331 g/mol. The zero-order valence-corrected chi connectivity index (χ0v) is 13.2. The molecule has 1 aromatic carbocycles. The van der Waals surface area contributed by atoms with Gasteiger partial charge in [0.15, 0.2) is 0 Å². The van der Waals surface area contributed by atoms with E-state index in [1.807, 2.05) is 32.2 Å². The Balaban J connectivity index is 2.57. The van der Waals surface area contributed by atoms with Crippen molar-refractivity contribution >= 4 is 33.4 Å². The lowest BCUT2D eigenvalue weighted by atomic mass is 10.1. The first-order valence-electron chi connectivity index (χ1n) is 6.14. The predicted octanol–water partition coefficient (Wildman–Crippen LogP) is 4.24. The van der Waals surface area contributed by atoms with Gasteiger partial charge in [0.2, 0.25) is 0 Å². The van der Waals surface area contributed by atoms with Crippen LogP contribution in [0.15, 0.2) is 22.7 Å². The van der Waals surface area contributed by atoms with Crippen LogP contribution in [0.5, 0.6) is 0 Å². The number of benzene rings is 1. The second kappa shape index (κ2) is 7.80. The molecular weight excluding hydrogens is 314 g/mol. The van der Waals surface area contributed by atoms with Gasteiger partial charge in [0, 0.05) is 23.9 Å². The van der Waals surface area contributed by atoms with Crippen LogP contribution in [0.25, 0.3) is 0 Å². The number of hydrogen-bond acceptors (Lipinski definition) is 1. The Bertz CT molecular complexity index is 409. The highest BCUT2D eigenvalue weighted by Gasteiger charge is 2.14. The molecule has 0 spiro atoms. The molecule has 0 aliphatic heterocycles.